The Morgan fingerprint density at radius 1 is 1.33 bits per heavy atom. The van der Waals surface area contributed by atoms with E-state index < -0.39 is 0 Å². The molecule has 3 nitrogen and oxygen atoms in total. The van der Waals surface area contributed by atoms with Gasteiger partial charge in [-0.15, -0.1) is 0 Å². The minimum Gasteiger partial charge on any atom is -0.376 e. The molecule has 18 heavy (non-hydrogen) atoms. The summed E-state index contributed by atoms with van der Waals surface area (Å²) in [6.07, 6.45) is 5.45. The van der Waals surface area contributed by atoms with E-state index in [0.717, 1.165) is 19.7 Å². The highest BCUT2D eigenvalue weighted by Crippen LogP contribution is 2.15. The van der Waals surface area contributed by atoms with Gasteiger partial charge in [-0.25, -0.2) is 0 Å². The number of hydrogen-bond acceptors (Lipinski definition) is 3. The largest absolute Gasteiger partial charge is 0.376 e. The molecule has 1 fully saturated rings. The van der Waals surface area contributed by atoms with E-state index >= 15 is 0 Å². The van der Waals surface area contributed by atoms with E-state index in [2.05, 4.69) is 37.9 Å². The van der Waals surface area contributed by atoms with E-state index in [1.54, 1.807) is 0 Å². The summed E-state index contributed by atoms with van der Waals surface area (Å²) in [7, 11) is 0. The summed E-state index contributed by atoms with van der Waals surface area (Å²) >= 11 is 0. The number of nitrogens with one attached hydrogen (secondary N) is 1. The van der Waals surface area contributed by atoms with E-state index in [1.165, 1.54) is 32.2 Å². The molecule has 3 unspecified atom stereocenters. The van der Waals surface area contributed by atoms with Gasteiger partial charge in [0, 0.05) is 18.6 Å². The first-order chi connectivity index (χ1) is 8.71. The average Bonchev–Trinajstić information content (AvgIpc) is 2.38. The van der Waals surface area contributed by atoms with Crippen molar-refractivity contribution in [1.82, 2.24) is 10.2 Å². The van der Waals surface area contributed by atoms with Crippen LogP contribution in [0.15, 0.2) is 0 Å². The molecular formula is C15H32N2O. The van der Waals surface area contributed by atoms with Gasteiger partial charge in [0.15, 0.2) is 0 Å². The van der Waals surface area contributed by atoms with E-state index in [9.17, 15) is 0 Å². The Hall–Kier alpha value is -0.120. The molecule has 0 amide bonds. The molecule has 1 aliphatic rings. The quantitative estimate of drug-likeness (QED) is 0.722. The standard InChI is InChI=1S/C15H32N2O/c1-5-14(16-7-3)9-8-10-17-11-13(4)18-12-15(17)6-2/h13-16H,5-12H2,1-4H3. The Kier molecular flexibility index (Phi) is 7.87. The molecule has 1 heterocycles. The van der Waals surface area contributed by atoms with Crippen LogP contribution in [-0.2, 0) is 4.74 Å². The zero-order valence-corrected chi connectivity index (χ0v) is 12.7. The summed E-state index contributed by atoms with van der Waals surface area (Å²) in [5.41, 5.74) is 0. The summed E-state index contributed by atoms with van der Waals surface area (Å²) in [5, 5.41) is 3.56. The number of morpholine rings is 1. The van der Waals surface area contributed by atoms with Gasteiger partial charge < -0.3 is 10.1 Å². The second kappa shape index (κ2) is 8.89. The highest BCUT2D eigenvalue weighted by molar-refractivity contribution is 4.78. The molecule has 3 heteroatoms. The van der Waals surface area contributed by atoms with Crippen molar-refractivity contribution in [2.45, 2.75) is 71.6 Å². The molecule has 1 saturated heterocycles. The molecule has 0 aliphatic carbocycles. The first-order valence-corrected chi connectivity index (χ1v) is 7.80. The van der Waals surface area contributed by atoms with E-state index in [-0.39, 0.29) is 0 Å². The Bertz CT molecular complexity index is 211. The van der Waals surface area contributed by atoms with Gasteiger partial charge in [-0.1, -0.05) is 20.8 Å². The predicted octanol–water partition coefficient (Wildman–Crippen LogP) is 2.65. The molecule has 0 aromatic heterocycles. The zero-order chi connectivity index (χ0) is 13.4. The van der Waals surface area contributed by atoms with Gasteiger partial charge in [-0.3, -0.25) is 4.90 Å². The maximum atomic E-state index is 5.74. The summed E-state index contributed by atoms with van der Waals surface area (Å²) in [4.78, 5) is 2.63. The van der Waals surface area contributed by atoms with Gasteiger partial charge in [0.1, 0.15) is 0 Å². The van der Waals surface area contributed by atoms with Gasteiger partial charge in [0.2, 0.25) is 0 Å². The van der Waals surface area contributed by atoms with E-state index in [0.29, 0.717) is 18.2 Å². The second-order valence-corrected chi connectivity index (χ2v) is 5.51. The minimum atomic E-state index is 0.406. The van der Waals surface area contributed by atoms with Crippen molar-refractivity contribution in [1.29, 1.82) is 0 Å². The van der Waals surface area contributed by atoms with Crippen LogP contribution in [-0.4, -0.2) is 49.3 Å². The SMILES string of the molecule is CCNC(CC)CCCN1CC(C)OCC1CC. The smallest absolute Gasteiger partial charge is 0.0674 e. The lowest BCUT2D eigenvalue weighted by Gasteiger charge is -2.38. The predicted molar refractivity (Wildman–Crippen MR) is 78.1 cm³/mol. The van der Waals surface area contributed by atoms with Gasteiger partial charge >= 0.3 is 0 Å². The van der Waals surface area contributed by atoms with Crippen molar-refractivity contribution in [3.63, 3.8) is 0 Å². The topological polar surface area (TPSA) is 24.5 Å². The lowest BCUT2D eigenvalue weighted by atomic mass is 10.1. The van der Waals surface area contributed by atoms with Crippen molar-refractivity contribution in [2.75, 3.05) is 26.2 Å². The summed E-state index contributed by atoms with van der Waals surface area (Å²) in [6.45, 7) is 13.3. The Morgan fingerprint density at radius 3 is 2.72 bits per heavy atom. The summed E-state index contributed by atoms with van der Waals surface area (Å²) in [6, 6.07) is 1.34. The van der Waals surface area contributed by atoms with Gasteiger partial charge in [0.25, 0.3) is 0 Å². The molecule has 0 aromatic carbocycles. The van der Waals surface area contributed by atoms with Crippen molar-refractivity contribution in [3.8, 4) is 0 Å². The Labute approximate surface area is 113 Å². The molecule has 0 aromatic rings. The highest BCUT2D eigenvalue weighted by atomic mass is 16.5. The molecule has 0 spiro atoms. The maximum Gasteiger partial charge on any atom is 0.0674 e. The zero-order valence-electron chi connectivity index (χ0n) is 12.7. The van der Waals surface area contributed by atoms with Crippen LogP contribution in [0.5, 0.6) is 0 Å². The minimum absolute atomic E-state index is 0.406. The van der Waals surface area contributed by atoms with Crippen molar-refractivity contribution in [2.24, 2.45) is 0 Å². The third-order valence-corrected chi connectivity index (χ3v) is 4.04. The number of hydrogen-bond donors (Lipinski definition) is 1. The first kappa shape index (κ1) is 15.9. The molecule has 108 valence electrons. The molecule has 1 N–H and O–H groups in total. The highest BCUT2D eigenvalue weighted by Gasteiger charge is 2.24. The van der Waals surface area contributed by atoms with Crippen molar-refractivity contribution >= 4 is 0 Å². The second-order valence-electron chi connectivity index (χ2n) is 5.51. The van der Waals surface area contributed by atoms with Gasteiger partial charge in [-0.2, -0.15) is 0 Å². The first-order valence-electron chi connectivity index (χ1n) is 7.80. The number of rotatable bonds is 8. The van der Waals surface area contributed by atoms with Crippen molar-refractivity contribution in [3.05, 3.63) is 0 Å². The van der Waals surface area contributed by atoms with Crippen LogP contribution in [0.1, 0.15) is 53.4 Å². The van der Waals surface area contributed by atoms with E-state index in [4.69, 9.17) is 4.74 Å². The van der Waals surface area contributed by atoms with Crippen LogP contribution >= 0.6 is 0 Å². The monoisotopic (exact) mass is 256 g/mol. The van der Waals surface area contributed by atoms with Crippen LogP contribution in [0.25, 0.3) is 0 Å². The van der Waals surface area contributed by atoms with Crippen LogP contribution in [0.2, 0.25) is 0 Å². The van der Waals surface area contributed by atoms with Gasteiger partial charge in [-0.05, 0) is 45.7 Å². The number of ether oxygens (including phenoxy) is 1. The lowest BCUT2D eigenvalue weighted by molar-refractivity contribution is -0.0562. The van der Waals surface area contributed by atoms with Crippen molar-refractivity contribution < 1.29 is 4.74 Å². The fraction of sp³-hybridized carbons (Fsp3) is 1.00. The number of nitrogens with zero attached hydrogens (tertiary/aromatic N) is 1. The average molecular weight is 256 g/mol. The van der Waals surface area contributed by atoms with Crippen LogP contribution in [0, 0.1) is 0 Å². The molecule has 1 aliphatic heterocycles. The van der Waals surface area contributed by atoms with Crippen LogP contribution in [0.3, 0.4) is 0 Å². The van der Waals surface area contributed by atoms with Crippen LogP contribution < -0.4 is 5.32 Å². The molecule has 3 atom stereocenters. The molecular weight excluding hydrogens is 224 g/mol. The summed E-state index contributed by atoms with van der Waals surface area (Å²) < 4.78 is 5.74. The fourth-order valence-electron chi connectivity index (χ4n) is 2.84. The lowest BCUT2D eigenvalue weighted by Crippen LogP contribution is -2.48. The van der Waals surface area contributed by atoms with E-state index in [1.807, 2.05) is 0 Å². The van der Waals surface area contributed by atoms with Gasteiger partial charge in [0.05, 0.1) is 12.7 Å². The Morgan fingerprint density at radius 2 is 2.11 bits per heavy atom. The molecule has 1 rings (SSSR count). The maximum absolute atomic E-state index is 5.74. The molecule has 0 saturated carbocycles. The fourth-order valence-corrected chi connectivity index (χ4v) is 2.84. The van der Waals surface area contributed by atoms with Crippen LogP contribution in [0.4, 0.5) is 0 Å². The summed E-state index contributed by atoms with van der Waals surface area (Å²) in [5.74, 6) is 0. The molecule has 0 radical (unpaired) electrons. The third-order valence-electron chi connectivity index (χ3n) is 4.04. The molecule has 0 bridgehead atoms. The Balaban J connectivity index is 2.27. The normalized spacial score (nSPS) is 27.3. The third kappa shape index (κ3) is 5.25.